The number of para-hydroxylation sites is 1. The predicted octanol–water partition coefficient (Wildman–Crippen LogP) is 5.78. The van der Waals surface area contributed by atoms with E-state index in [9.17, 15) is 9.90 Å². The zero-order chi connectivity index (χ0) is 28.5. The van der Waals surface area contributed by atoms with E-state index in [2.05, 4.69) is 45.0 Å². The molecule has 1 amide bonds. The molecule has 0 spiro atoms. The highest BCUT2D eigenvalue weighted by Crippen LogP contribution is 2.37. The van der Waals surface area contributed by atoms with Gasteiger partial charge in [-0.3, -0.25) is 15.1 Å². The fourth-order valence-electron chi connectivity index (χ4n) is 6.30. The lowest BCUT2D eigenvalue weighted by Crippen LogP contribution is -2.29. The molecular weight excluding hydrogens is 521 g/mol. The molecule has 2 aliphatic rings. The third kappa shape index (κ3) is 5.44. The van der Waals surface area contributed by atoms with Gasteiger partial charge >= 0.3 is 0 Å². The van der Waals surface area contributed by atoms with Crippen LogP contribution in [0, 0.1) is 5.82 Å². The lowest BCUT2D eigenvalue weighted by molar-refractivity contribution is 0.101. The molecule has 2 aromatic heterocycles. The number of likely N-dealkylation sites (tertiary alicyclic amines) is 1. The first kappa shape index (κ1) is 27.4. The molecule has 6 rings (SSSR count). The van der Waals surface area contributed by atoms with Crippen molar-refractivity contribution in [3.63, 3.8) is 0 Å². The van der Waals surface area contributed by atoms with Gasteiger partial charge in [0.1, 0.15) is 11.4 Å². The van der Waals surface area contributed by atoms with Gasteiger partial charge in [0, 0.05) is 17.8 Å². The lowest BCUT2D eigenvalue weighted by Gasteiger charge is -2.29. The van der Waals surface area contributed by atoms with Crippen LogP contribution in [0.4, 0.5) is 10.3 Å². The van der Waals surface area contributed by atoms with Gasteiger partial charge in [-0.15, -0.1) is 0 Å². The number of hydrogen-bond donors (Lipinski definition) is 2. The number of nitrogens with zero attached hydrogens (tertiary/aromatic N) is 4. The highest BCUT2D eigenvalue weighted by molar-refractivity contribution is 6.05. The van der Waals surface area contributed by atoms with Crippen molar-refractivity contribution in [3.05, 3.63) is 71.7 Å². The summed E-state index contributed by atoms with van der Waals surface area (Å²) < 4.78 is 23.2. The van der Waals surface area contributed by atoms with Crippen molar-refractivity contribution in [1.29, 1.82) is 0 Å². The van der Waals surface area contributed by atoms with Crippen molar-refractivity contribution >= 4 is 22.9 Å². The Labute approximate surface area is 239 Å². The maximum Gasteiger partial charge on any atom is 0.261 e. The van der Waals surface area contributed by atoms with Gasteiger partial charge in [0.15, 0.2) is 5.82 Å². The number of imidazole rings is 1. The summed E-state index contributed by atoms with van der Waals surface area (Å²) in [5.74, 6) is 0.0227. The Morgan fingerprint density at radius 2 is 1.80 bits per heavy atom. The van der Waals surface area contributed by atoms with Crippen LogP contribution in [-0.2, 0) is 0 Å². The van der Waals surface area contributed by atoms with Gasteiger partial charge in [-0.25, -0.2) is 9.37 Å². The zero-order valence-corrected chi connectivity index (χ0v) is 23.5. The largest absolute Gasteiger partial charge is 0.496 e. The van der Waals surface area contributed by atoms with Gasteiger partial charge in [-0.1, -0.05) is 18.2 Å². The van der Waals surface area contributed by atoms with Crippen molar-refractivity contribution in [1.82, 2.24) is 19.4 Å². The number of ether oxygens (including phenoxy) is 1. The highest BCUT2D eigenvalue weighted by Gasteiger charge is 2.28. The van der Waals surface area contributed by atoms with Crippen molar-refractivity contribution in [2.75, 3.05) is 32.6 Å². The zero-order valence-electron chi connectivity index (χ0n) is 23.5. The van der Waals surface area contributed by atoms with Gasteiger partial charge in [-0.2, -0.15) is 0 Å². The Balaban J connectivity index is 1.36. The van der Waals surface area contributed by atoms with Gasteiger partial charge in [0.05, 0.1) is 29.8 Å². The van der Waals surface area contributed by atoms with E-state index in [0.717, 1.165) is 49.8 Å². The molecule has 0 radical (unpaired) electrons. The fraction of sp³-hybridized carbons (Fsp3) is 0.406. The summed E-state index contributed by atoms with van der Waals surface area (Å²) in [5.41, 5.74) is 3.40. The number of benzene rings is 2. The standard InChI is InChI=1S/C32H36FN5O3/c1-37-17-14-20(15-18-37)21-7-12-27-26(19-21)35-32(38(27)22-8-10-23(39)11-9-22)36-31(40)25-13-16-34-30(29(25)33)24-5-3-4-6-28(24)41-2/h3-7,12-13,16,19-20,22-23,39H,8-11,14-15,17-18H2,1-2H3,(H,35,36,40). The van der Waals surface area contributed by atoms with E-state index in [1.54, 1.807) is 24.3 Å². The molecule has 1 aliphatic carbocycles. The molecule has 0 unspecified atom stereocenters. The topological polar surface area (TPSA) is 92.5 Å². The molecule has 1 aliphatic heterocycles. The fourth-order valence-corrected chi connectivity index (χ4v) is 6.30. The second kappa shape index (κ2) is 11.6. The number of aromatic nitrogens is 3. The molecule has 8 nitrogen and oxygen atoms in total. The first-order chi connectivity index (χ1) is 19.9. The van der Waals surface area contributed by atoms with E-state index >= 15 is 4.39 Å². The molecule has 2 fully saturated rings. The van der Waals surface area contributed by atoms with Crippen LogP contribution >= 0.6 is 0 Å². The first-order valence-corrected chi connectivity index (χ1v) is 14.4. The van der Waals surface area contributed by atoms with Crippen LogP contribution in [0.25, 0.3) is 22.3 Å². The second-order valence-electron chi connectivity index (χ2n) is 11.3. The number of hydrogen-bond acceptors (Lipinski definition) is 6. The summed E-state index contributed by atoms with van der Waals surface area (Å²) in [5, 5.41) is 13.1. The van der Waals surface area contributed by atoms with Crippen LogP contribution in [0.15, 0.2) is 54.7 Å². The molecule has 41 heavy (non-hydrogen) atoms. The van der Waals surface area contributed by atoms with Gasteiger partial charge in [-0.05, 0) is 100 Å². The van der Waals surface area contributed by atoms with E-state index < -0.39 is 11.7 Å². The molecule has 2 aromatic carbocycles. The number of halogens is 1. The summed E-state index contributed by atoms with van der Waals surface area (Å²) in [7, 11) is 3.67. The Morgan fingerprint density at radius 1 is 1.05 bits per heavy atom. The monoisotopic (exact) mass is 557 g/mol. The number of rotatable bonds is 6. The van der Waals surface area contributed by atoms with Crippen molar-refractivity contribution in [2.45, 2.75) is 56.6 Å². The van der Waals surface area contributed by atoms with E-state index in [1.165, 1.54) is 24.9 Å². The van der Waals surface area contributed by atoms with Gasteiger partial charge in [0.2, 0.25) is 5.95 Å². The summed E-state index contributed by atoms with van der Waals surface area (Å²) in [6.07, 6.45) is 6.24. The SMILES string of the molecule is COc1ccccc1-c1nccc(C(=O)Nc2nc3cc(C4CCN(C)CC4)ccc3n2C2CCC(O)CC2)c1F. The molecule has 1 saturated carbocycles. The van der Waals surface area contributed by atoms with E-state index in [-0.39, 0.29) is 23.4 Å². The summed E-state index contributed by atoms with van der Waals surface area (Å²) in [6, 6.07) is 14.9. The van der Waals surface area contributed by atoms with E-state index in [0.29, 0.717) is 36.0 Å². The van der Waals surface area contributed by atoms with Crippen molar-refractivity contribution < 1.29 is 19.0 Å². The maximum atomic E-state index is 15.8. The molecule has 3 heterocycles. The molecule has 214 valence electrons. The van der Waals surface area contributed by atoms with Crippen LogP contribution in [0.1, 0.15) is 66.4 Å². The normalized spacial score (nSPS) is 20.3. The van der Waals surface area contributed by atoms with E-state index in [1.807, 2.05) is 0 Å². The number of nitrogens with one attached hydrogen (secondary N) is 1. The van der Waals surface area contributed by atoms with Gasteiger partial charge in [0.25, 0.3) is 5.91 Å². The lowest BCUT2D eigenvalue weighted by atomic mass is 9.89. The average Bonchev–Trinajstić information content (AvgIpc) is 3.35. The molecule has 2 N–H and O–H groups in total. The van der Waals surface area contributed by atoms with Crippen LogP contribution in [-0.4, -0.2) is 63.8 Å². The van der Waals surface area contributed by atoms with Crippen LogP contribution in [0.3, 0.4) is 0 Å². The third-order valence-corrected chi connectivity index (χ3v) is 8.66. The Morgan fingerprint density at radius 3 is 2.56 bits per heavy atom. The maximum absolute atomic E-state index is 15.8. The number of aliphatic hydroxyl groups is 1. The summed E-state index contributed by atoms with van der Waals surface area (Å²) in [6.45, 7) is 2.13. The molecule has 0 atom stereocenters. The number of fused-ring (bicyclic) bond motifs is 1. The minimum Gasteiger partial charge on any atom is -0.496 e. The molecular formula is C32H36FN5O3. The highest BCUT2D eigenvalue weighted by atomic mass is 19.1. The first-order valence-electron chi connectivity index (χ1n) is 14.4. The molecule has 9 heteroatoms. The quantitative estimate of drug-likeness (QED) is 0.312. The molecule has 0 bridgehead atoms. The Kier molecular flexibility index (Phi) is 7.73. The summed E-state index contributed by atoms with van der Waals surface area (Å²) in [4.78, 5) is 25.0. The number of amides is 1. The predicted molar refractivity (Wildman–Crippen MR) is 157 cm³/mol. The second-order valence-corrected chi connectivity index (χ2v) is 11.3. The number of carbonyl (C=O) groups excluding carboxylic acids is 1. The van der Waals surface area contributed by atoms with Crippen molar-refractivity contribution in [3.8, 4) is 17.0 Å². The number of methoxy groups -OCH3 is 1. The Hall–Kier alpha value is -3.82. The van der Waals surface area contributed by atoms with Crippen molar-refractivity contribution in [2.24, 2.45) is 0 Å². The minimum atomic E-state index is -0.720. The third-order valence-electron chi connectivity index (χ3n) is 8.66. The smallest absolute Gasteiger partial charge is 0.261 e. The number of piperidine rings is 1. The van der Waals surface area contributed by atoms with Crippen LogP contribution in [0.5, 0.6) is 5.75 Å². The van der Waals surface area contributed by atoms with Crippen LogP contribution < -0.4 is 10.1 Å². The number of carbonyl (C=O) groups is 1. The Bertz CT molecular complexity index is 1550. The average molecular weight is 558 g/mol. The van der Waals surface area contributed by atoms with E-state index in [4.69, 9.17) is 9.72 Å². The molecule has 4 aromatic rings. The molecule has 1 saturated heterocycles. The number of aliphatic hydroxyl groups excluding tert-OH is 1. The number of pyridine rings is 1. The number of anilines is 1. The van der Waals surface area contributed by atoms with Crippen LogP contribution in [0.2, 0.25) is 0 Å². The minimum absolute atomic E-state index is 0.0487. The van der Waals surface area contributed by atoms with Gasteiger partial charge < -0.3 is 19.3 Å². The summed E-state index contributed by atoms with van der Waals surface area (Å²) >= 11 is 0.